The molecule has 34 heavy (non-hydrogen) atoms. The fourth-order valence-electron chi connectivity index (χ4n) is 4.31. The Labute approximate surface area is 211 Å². The van der Waals surface area contributed by atoms with E-state index in [1.54, 1.807) is 0 Å². The van der Waals surface area contributed by atoms with E-state index >= 15 is 0 Å². The van der Waals surface area contributed by atoms with E-state index in [0.29, 0.717) is 12.8 Å². The monoisotopic (exact) mass is 480 g/mol. The lowest BCUT2D eigenvalue weighted by Crippen LogP contribution is -2.21. The smallest absolute Gasteiger partial charge is 0.307 e. The Morgan fingerprint density at radius 1 is 0.647 bits per heavy atom. The van der Waals surface area contributed by atoms with Gasteiger partial charge < -0.3 is 9.84 Å². The summed E-state index contributed by atoms with van der Waals surface area (Å²) in [6, 6.07) is 0. The van der Waals surface area contributed by atoms with E-state index in [0.717, 1.165) is 38.5 Å². The first kappa shape index (κ1) is 32.7. The first-order chi connectivity index (χ1) is 16.6. The summed E-state index contributed by atoms with van der Waals surface area (Å²) in [6.07, 6.45) is 29.4. The highest BCUT2D eigenvalue weighted by atomic mass is 16.5. The molecule has 0 saturated carbocycles. The zero-order chi connectivity index (χ0) is 25.1. The van der Waals surface area contributed by atoms with Crippen LogP contribution in [0.25, 0.3) is 0 Å². The van der Waals surface area contributed by atoms with Crippen molar-refractivity contribution in [3.8, 4) is 0 Å². The SMILES string of the molecule is CCCCCCC/C=C\CCCCCCCC(=O)OC(CCCCCCCCCC)CC(=O)O. The van der Waals surface area contributed by atoms with Crippen LogP contribution >= 0.6 is 0 Å². The van der Waals surface area contributed by atoms with Gasteiger partial charge in [0.05, 0.1) is 6.42 Å². The summed E-state index contributed by atoms with van der Waals surface area (Å²) in [5.41, 5.74) is 0. The quantitative estimate of drug-likeness (QED) is 0.0760. The molecule has 4 nitrogen and oxygen atoms in total. The maximum atomic E-state index is 12.2. The van der Waals surface area contributed by atoms with E-state index in [2.05, 4.69) is 26.0 Å². The lowest BCUT2D eigenvalue weighted by atomic mass is 10.0. The molecule has 0 rings (SSSR count). The van der Waals surface area contributed by atoms with Crippen molar-refractivity contribution in [2.24, 2.45) is 0 Å². The molecule has 4 heteroatoms. The molecule has 0 bridgehead atoms. The summed E-state index contributed by atoms with van der Waals surface area (Å²) < 4.78 is 5.51. The number of allylic oxidation sites excluding steroid dienone is 2. The van der Waals surface area contributed by atoms with Crippen LogP contribution in [-0.2, 0) is 14.3 Å². The molecule has 0 aromatic rings. The van der Waals surface area contributed by atoms with Gasteiger partial charge in [0, 0.05) is 6.42 Å². The van der Waals surface area contributed by atoms with Crippen LogP contribution in [0.5, 0.6) is 0 Å². The van der Waals surface area contributed by atoms with Crippen molar-refractivity contribution in [1.29, 1.82) is 0 Å². The number of hydrogen-bond donors (Lipinski definition) is 1. The predicted molar refractivity (Wildman–Crippen MR) is 144 cm³/mol. The number of carboxylic acid groups (broad SMARTS) is 1. The van der Waals surface area contributed by atoms with Gasteiger partial charge in [-0.2, -0.15) is 0 Å². The van der Waals surface area contributed by atoms with Crippen LogP contribution in [-0.4, -0.2) is 23.1 Å². The molecule has 200 valence electrons. The van der Waals surface area contributed by atoms with Crippen LogP contribution in [0.1, 0.15) is 162 Å². The highest BCUT2D eigenvalue weighted by molar-refractivity contribution is 5.71. The van der Waals surface area contributed by atoms with Crippen molar-refractivity contribution in [2.75, 3.05) is 0 Å². The summed E-state index contributed by atoms with van der Waals surface area (Å²) in [5.74, 6) is -1.12. The number of ether oxygens (including phenoxy) is 1. The van der Waals surface area contributed by atoms with Crippen LogP contribution in [0.4, 0.5) is 0 Å². The minimum atomic E-state index is -0.886. The van der Waals surface area contributed by atoms with Crippen LogP contribution in [0.2, 0.25) is 0 Å². The van der Waals surface area contributed by atoms with Crippen molar-refractivity contribution in [3.63, 3.8) is 0 Å². The number of carboxylic acids is 1. The number of carbonyl (C=O) groups excluding carboxylic acids is 1. The lowest BCUT2D eigenvalue weighted by molar-refractivity contribution is -0.153. The van der Waals surface area contributed by atoms with Gasteiger partial charge in [-0.25, -0.2) is 0 Å². The van der Waals surface area contributed by atoms with Gasteiger partial charge in [-0.1, -0.05) is 116 Å². The van der Waals surface area contributed by atoms with Gasteiger partial charge in [0.25, 0.3) is 0 Å². The van der Waals surface area contributed by atoms with Crippen LogP contribution in [0.15, 0.2) is 12.2 Å². The molecule has 0 fully saturated rings. The number of aliphatic carboxylic acids is 1. The van der Waals surface area contributed by atoms with E-state index in [4.69, 9.17) is 9.84 Å². The predicted octanol–water partition coefficient (Wildman–Crippen LogP) is 9.55. The highest BCUT2D eigenvalue weighted by Crippen LogP contribution is 2.16. The maximum Gasteiger partial charge on any atom is 0.307 e. The average Bonchev–Trinajstić information content (AvgIpc) is 2.80. The zero-order valence-electron chi connectivity index (χ0n) is 22.7. The summed E-state index contributed by atoms with van der Waals surface area (Å²) in [5, 5.41) is 9.13. The second-order valence-electron chi connectivity index (χ2n) is 9.95. The van der Waals surface area contributed by atoms with E-state index in [1.807, 2.05) is 0 Å². The average molecular weight is 481 g/mol. The van der Waals surface area contributed by atoms with Gasteiger partial charge >= 0.3 is 11.9 Å². The molecule has 0 aromatic heterocycles. The lowest BCUT2D eigenvalue weighted by Gasteiger charge is -2.16. The first-order valence-electron chi connectivity index (χ1n) is 14.7. The van der Waals surface area contributed by atoms with E-state index in [-0.39, 0.29) is 12.4 Å². The summed E-state index contributed by atoms with van der Waals surface area (Å²) in [7, 11) is 0. The normalized spacial score (nSPS) is 12.3. The third-order valence-corrected chi connectivity index (χ3v) is 6.47. The fraction of sp³-hybridized carbons (Fsp3) is 0.867. The molecule has 0 aliphatic carbocycles. The van der Waals surface area contributed by atoms with Gasteiger partial charge in [0.15, 0.2) is 0 Å². The molecule has 0 saturated heterocycles. The summed E-state index contributed by atoms with van der Waals surface area (Å²) >= 11 is 0. The largest absolute Gasteiger partial charge is 0.481 e. The van der Waals surface area contributed by atoms with Crippen molar-refractivity contribution in [1.82, 2.24) is 0 Å². The Hall–Kier alpha value is -1.32. The Balaban J connectivity index is 3.70. The number of unbranched alkanes of at least 4 members (excludes halogenated alkanes) is 17. The Kier molecular flexibility index (Phi) is 25.3. The molecule has 1 N–H and O–H groups in total. The maximum absolute atomic E-state index is 12.2. The molecule has 1 atom stereocenters. The van der Waals surface area contributed by atoms with Crippen molar-refractivity contribution >= 4 is 11.9 Å². The summed E-state index contributed by atoms with van der Waals surface area (Å²) in [6.45, 7) is 4.48. The topological polar surface area (TPSA) is 63.6 Å². The standard InChI is InChI=1S/C30H56O4/c1-3-5-7-9-11-13-14-15-16-17-18-20-22-24-26-30(33)34-28(27-29(31)32)25-23-21-19-12-10-8-6-4-2/h14-15,28H,3-13,16-27H2,1-2H3,(H,31,32)/b15-14-. The first-order valence-corrected chi connectivity index (χ1v) is 14.7. The van der Waals surface area contributed by atoms with Gasteiger partial charge in [-0.15, -0.1) is 0 Å². The number of esters is 1. The molecular weight excluding hydrogens is 424 g/mol. The number of rotatable bonds is 26. The minimum Gasteiger partial charge on any atom is -0.481 e. The molecule has 1 unspecified atom stereocenters. The van der Waals surface area contributed by atoms with Gasteiger partial charge in [-0.05, 0) is 44.9 Å². The third-order valence-electron chi connectivity index (χ3n) is 6.47. The molecule has 0 amide bonds. The van der Waals surface area contributed by atoms with Crippen LogP contribution < -0.4 is 0 Å². The second kappa shape index (κ2) is 26.3. The van der Waals surface area contributed by atoms with Gasteiger partial charge in [0.1, 0.15) is 6.10 Å². The molecule has 0 radical (unpaired) electrons. The molecule has 0 spiro atoms. The van der Waals surface area contributed by atoms with Crippen molar-refractivity contribution < 1.29 is 19.4 Å². The van der Waals surface area contributed by atoms with Crippen LogP contribution in [0, 0.1) is 0 Å². The fourth-order valence-corrected chi connectivity index (χ4v) is 4.31. The zero-order valence-corrected chi connectivity index (χ0v) is 22.7. The number of hydrogen-bond acceptors (Lipinski definition) is 3. The van der Waals surface area contributed by atoms with Gasteiger partial charge in [0.2, 0.25) is 0 Å². The second-order valence-corrected chi connectivity index (χ2v) is 9.95. The Morgan fingerprint density at radius 2 is 1.09 bits per heavy atom. The van der Waals surface area contributed by atoms with Gasteiger partial charge in [-0.3, -0.25) is 9.59 Å². The van der Waals surface area contributed by atoms with Crippen LogP contribution in [0.3, 0.4) is 0 Å². The van der Waals surface area contributed by atoms with E-state index in [1.165, 1.54) is 89.9 Å². The van der Waals surface area contributed by atoms with Crippen molar-refractivity contribution in [3.05, 3.63) is 12.2 Å². The number of carbonyl (C=O) groups is 2. The molecule has 0 heterocycles. The molecular formula is C30H56O4. The highest BCUT2D eigenvalue weighted by Gasteiger charge is 2.17. The Bertz CT molecular complexity index is 486. The minimum absolute atomic E-state index is 0.0749. The Morgan fingerprint density at radius 3 is 1.59 bits per heavy atom. The van der Waals surface area contributed by atoms with E-state index < -0.39 is 12.1 Å². The van der Waals surface area contributed by atoms with Crippen molar-refractivity contribution in [2.45, 2.75) is 168 Å². The molecule has 0 aliphatic rings. The summed E-state index contributed by atoms with van der Waals surface area (Å²) in [4.78, 5) is 23.3. The molecule has 0 aliphatic heterocycles. The third kappa shape index (κ3) is 25.3. The molecule has 0 aromatic carbocycles. The van der Waals surface area contributed by atoms with E-state index in [9.17, 15) is 9.59 Å².